The van der Waals surface area contributed by atoms with E-state index in [1.54, 1.807) is 55.5 Å². The summed E-state index contributed by atoms with van der Waals surface area (Å²) in [5, 5.41) is 39.5. The Kier molecular flexibility index (Phi) is 4.28. The first kappa shape index (κ1) is 19.5. The Balaban J connectivity index is 2.00. The topological polar surface area (TPSA) is 123 Å². The van der Waals surface area contributed by atoms with Crippen molar-refractivity contribution < 1.29 is 14.2 Å². The Morgan fingerprint density at radius 3 is 2.10 bits per heavy atom. The molecule has 3 saturated heterocycles. The van der Waals surface area contributed by atoms with Crippen LogP contribution in [0.4, 0.5) is 0 Å². The van der Waals surface area contributed by atoms with Gasteiger partial charge in [-0.15, -0.1) is 0 Å². The van der Waals surface area contributed by atoms with Gasteiger partial charge in [0.05, 0.1) is 31.2 Å². The highest BCUT2D eigenvalue weighted by Gasteiger charge is 2.79. The number of fused-ring (bicyclic) bond motifs is 3. The van der Waals surface area contributed by atoms with Crippen LogP contribution >= 0.6 is 0 Å². The molecule has 0 saturated carbocycles. The fourth-order valence-corrected chi connectivity index (χ4v) is 4.71. The molecule has 0 amide bonds. The van der Waals surface area contributed by atoms with Gasteiger partial charge >= 0.3 is 0 Å². The van der Waals surface area contributed by atoms with Crippen LogP contribution in [0.3, 0.4) is 0 Å². The van der Waals surface area contributed by atoms with Gasteiger partial charge in [0.15, 0.2) is 10.8 Å². The summed E-state index contributed by atoms with van der Waals surface area (Å²) < 4.78 is 17.3. The number of methoxy groups -OCH3 is 1. The molecule has 0 aliphatic carbocycles. The fourth-order valence-electron chi connectivity index (χ4n) is 4.71. The number of hydrogen-bond donors (Lipinski definition) is 1. The summed E-state index contributed by atoms with van der Waals surface area (Å²) in [5.41, 5.74) is -2.68. The maximum Gasteiger partial charge on any atom is 0.219 e. The lowest BCUT2D eigenvalue weighted by Crippen LogP contribution is -2.70. The van der Waals surface area contributed by atoms with Crippen molar-refractivity contribution in [3.05, 3.63) is 65.7 Å². The maximum absolute atomic E-state index is 10.3. The zero-order valence-electron chi connectivity index (χ0n) is 16.4. The van der Waals surface area contributed by atoms with Crippen LogP contribution in [0.2, 0.25) is 0 Å². The Hall–Kier alpha value is -3.86. The van der Waals surface area contributed by atoms with E-state index < -0.39 is 34.5 Å². The lowest BCUT2D eigenvalue weighted by molar-refractivity contribution is -0.323. The molecule has 0 spiro atoms. The third-order valence-electron chi connectivity index (χ3n) is 6.07. The Morgan fingerprint density at radius 2 is 1.57 bits per heavy atom. The van der Waals surface area contributed by atoms with Gasteiger partial charge in [0.25, 0.3) is 0 Å². The van der Waals surface area contributed by atoms with Crippen LogP contribution in [0.5, 0.6) is 5.75 Å². The van der Waals surface area contributed by atoms with Crippen molar-refractivity contribution in [3.8, 4) is 24.0 Å². The van der Waals surface area contributed by atoms with E-state index in [2.05, 4.69) is 18.2 Å². The van der Waals surface area contributed by atoms with Gasteiger partial charge in [-0.1, -0.05) is 42.5 Å². The average Bonchev–Trinajstić information content (AvgIpc) is 2.78. The third kappa shape index (κ3) is 2.23. The van der Waals surface area contributed by atoms with Crippen molar-refractivity contribution in [1.82, 2.24) is 0 Å². The van der Waals surface area contributed by atoms with E-state index in [0.29, 0.717) is 16.9 Å². The lowest BCUT2D eigenvalue weighted by atomic mass is 9.49. The number of nitriles is 3. The van der Waals surface area contributed by atoms with Gasteiger partial charge in [-0.25, -0.2) is 0 Å². The van der Waals surface area contributed by atoms with Crippen molar-refractivity contribution in [1.29, 1.82) is 21.2 Å². The lowest BCUT2D eigenvalue weighted by Gasteiger charge is -2.61. The number of nitrogens with zero attached hydrogens (tertiary/aromatic N) is 3. The van der Waals surface area contributed by atoms with Gasteiger partial charge < -0.3 is 14.2 Å². The van der Waals surface area contributed by atoms with Crippen molar-refractivity contribution in [2.45, 2.75) is 24.7 Å². The van der Waals surface area contributed by atoms with Crippen LogP contribution in [-0.2, 0) is 9.47 Å². The van der Waals surface area contributed by atoms with E-state index in [9.17, 15) is 15.8 Å². The highest BCUT2D eigenvalue weighted by atomic mass is 16.7. The molecule has 0 radical (unpaired) electrons. The molecule has 2 bridgehead atoms. The molecule has 5 rings (SSSR count). The summed E-state index contributed by atoms with van der Waals surface area (Å²) in [5.74, 6) is -2.22. The van der Waals surface area contributed by atoms with Crippen molar-refractivity contribution in [2.24, 2.45) is 10.8 Å². The molecule has 2 aromatic carbocycles. The molecule has 2 aromatic rings. The van der Waals surface area contributed by atoms with E-state index in [1.807, 2.05) is 6.07 Å². The molecule has 0 aromatic heterocycles. The summed E-state index contributed by atoms with van der Waals surface area (Å²) >= 11 is 0. The molecule has 3 aliphatic heterocycles. The second-order valence-electron chi connectivity index (χ2n) is 7.51. The summed E-state index contributed by atoms with van der Waals surface area (Å²) in [6.07, 6.45) is -1.04. The summed E-state index contributed by atoms with van der Waals surface area (Å²) in [6, 6.07) is 22.0. The van der Waals surface area contributed by atoms with Gasteiger partial charge in [-0.05, 0) is 23.3 Å². The van der Waals surface area contributed by atoms with Crippen LogP contribution in [0.1, 0.15) is 30.1 Å². The predicted octanol–water partition coefficient (Wildman–Crippen LogP) is 3.82. The van der Waals surface area contributed by atoms with E-state index >= 15 is 0 Å². The summed E-state index contributed by atoms with van der Waals surface area (Å²) in [7, 11) is 1.54. The van der Waals surface area contributed by atoms with Gasteiger partial charge in [-0.2, -0.15) is 15.8 Å². The molecular weight excluding hydrogens is 380 g/mol. The Bertz CT molecular complexity index is 1110. The maximum atomic E-state index is 10.3. The van der Waals surface area contributed by atoms with E-state index in [-0.39, 0.29) is 0 Å². The first-order valence-corrected chi connectivity index (χ1v) is 9.31. The highest BCUT2D eigenvalue weighted by molar-refractivity contribution is 5.89. The highest BCUT2D eigenvalue weighted by Crippen LogP contribution is 2.69. The Labute approximate surface area is 174 Å². The van der Waals surface area contributed by atoms with E-state index in [0.717, 1.165) is 0 Å². The average molecular weight is 398 g/mol. The van der Waals surface area contributed by atoms with Gasteiger partial charge in [0.2, 0.25) is 11.7 Å². The minimum atomic E-state index is -1.96. The van der Waals surface area contributed by atoms with Crippen LogP contribution in [0, 0.1) is 50.2 Å². The second-order valence-corrected chi connectivity index (χ2v) is 7.51. The van der Waals surface area contributed by atoms with Crippen molar-refractivity contribution >= 4 is 5.90 Å². The summed E-state index contributed by atoms with van der Waals surface area (Å²) in [4.78, 5) is 0. The molecule has 1 N–H and O–H groups in total. The van der Waals surface area contributed by atoms with Crippen LogP contribution in [-0.4, -0.2) is 18.8 Å². The van der Waals surface area contributed by atoms with Gasteiger partial charge in [-0.3, -0.25) is 5.41 Å². The number of nitrogens with one attached hydrogen (secondary N) is 1. The predicted molar refractivity (Wildman–Crippen MR) is 105 cm³/mol. The second kappa shape index (κ2) is 6.59. The zero-order valence-corrected chi connectivity index (χ0v) is 16.4. The Morgan fingerprint density at radius 1 is 0.933 bits per heavy atom. The molecule has 3 aliphatic rings. The van der Waals surface area contributed by atoms with Crippen molar-refractivity contribution in [3.63, 3.8) is 0 Å². The molecule has 0 unspecified atom stereocenters. The molecule has 7 nitrogen and oxygen atoms in total. The monoisotopic (exact) mass is 398 g/mol. The molecular formula is C23H18N4O3. The molecule has 3 fully saturated rings. The van der Waals surface area contributed by atoms with Crippen LogP contribution in [0.15, 0.2) is 54.6 Å². The number of rotatable bonds is 3. The first-order valence-electron chi connectivity index (χ1n) is 9.31. The van der Waals surface area contributed by atoms with Gasteiger partial charge in [0.1, 0.15) is 11.9 Å². The molecule has 4 atom stereocenters. The molecule has 148 valence electrons. The quantitative estimate of drug-likeness (QED) is 0.838. The molecule has 3 heterocycles. The standard InChI is InChI=1S/C23H18N4O3/c1-21-18(15-6-4-3-5-7-15)22(12-24,13-25)23(14-26,20(27)30-21)19(29-21)16-8-10-17(28-2)11-9-16/h3-11,18-19,27H,1-2H3/t18-,19-,21-,23-/m0/s1. The van der Waals surface area contributed by atoms with Gasteiger partial charge in [0, 0.05) is 6.92 Å². The number of benzene rings is 2. The van der Waals surface area contributed by atoms with Crippen LogP contribution < -0.4 is 4.74 Å². The van der Waals surface area contributed by atoms with E-state index in [1.165, 1.54) is 7.11 Å². The van der Waals surface area contributed by atoms with E-state index in [4.69, 9.17) is 19.6 Å². The normalized spacial score (nSPS) is 31.0. The fraction of sp³-hybridized carbons (Fsp3) is 0.304. The smallest absolute Gasteiger partial charge is 0.219 e. The SMILES string of the molecule is COc1ccc([C@@H]2O[C@@]3(C)OC(=N)[C@@]2(C#N)C(C#N)(C#N)[C@H]3c2ccccc2)cc1. The third-order valence-corrected chi connectivity index (χ3v) is 6.07. The molecule has 7 heteroatoms. The largest absolute Gasteiger partial charge is 0.497 e. The number of ether oxygens (including phenoxy) is 3. The van der Waals surface area contributed by atoms with Crippen LogP contribution in [0.25, 0.3) is 0 Å². The summed E-state index contributed by atoms with van der Waals surface area (Å²) in [6.45, 7) is 1.61. The van der Waals surface area contributed by atoms with Crippen molar-refractivity contribution in [2.75, 3.05) is 7.11 Å². The minimum absolute atomic E-state index is 0.435. The first-order chi connectivity index (χ1) is 14.4. The minimum Gasteiger partial charge on any atom is -0.497 e. The number of hydrogen-bond acceptors (Lipinski definition) is 7. The molecule has 30 heavy (non-hydrogen) atoms. The zero-order chi connectivity index (χ0) is 21.6.